The Morgan fingerprint density at radius 1 is 1.39 bits per heavy atom. The van der Waals surface area contributed by atoms with Gasteiger partial charge in [0, 0.05) is 11.6 Å². The van der Waals surface area contributed by atoms with Crippen LogP contribution < -0.4 is 10.6 Å². The van der Waals surface area contributed by atoms with Gasteiger partial charge >= 0.3 is 0 Å². The fourth-order valence-corrected chi connectivity index (χ4v) is 2.01. The highest BCUT2D eigenvalue weighted by Gasteiger charge is 2.28. The third-order valence-corrected chi connectivity index (χ3v) is 3.86. The summed E-state index contributed by atoms with van der Waals surface area (Å²) in [6.45, 7) is 3.77. The van der Waals surface area contributed by atoms with Gasteiger partial charge in [-0.3, -0.25) is 4.79 Å². The molecule has 6 heteroatoms. The molecule has 0 saturated carbocycles. The van der Waals surface area contributed by atoms with Gasteiger partial charge in [0.1, 0.15) is 0 Å². The molecule has 3 nitrogen and oxygen atoms in total. The van der Waals surface area contributed by atoms with Crippen LogP contribution in [-0.2, 0) is 4.79 Å². The minimum Gasteiger partial charge on any atom is -0.326 e. The first-order chi connectivity index (χ1) is 8.08. The van der Waals surface area contributed by atoms with E-state index in [-0.39, 0.29) is 24.2 Å². The van der Waals surface area contributed by atoms with Gasteiger partial charge in [-0.2, -0.15) is 0 Å². The summed E-state index contributed by atoms with van der Waals surface area (Å²) in [6, 6.07) is 5.08. The standard InChI is InChI=1S/C12H14Cl2N2O.ClH/c1-7(8-5-15-6-8)12(17)16-9-2-3-10(13)11(14)4-9;/h2-4,7-8,15H,5-6H2,1H3,(H,16,17);1H. The lowest BCUT2D eigenvalue weighted by Crippen LogP contribution is -2.48. The predicted octanol–water partition coefficient (Wildman–Crippen LogP) is 3.21. The number of benzene rings is 1. The van der Waals surface area contributed by atoms with Crippen LogP contribution in [0.4, 0.5) is 5.69 Å². The third-order valence-electron chi connectivity index (χ3n) is 3.12. The number of carbonyl (C=O) groups is 1. The van der Waals surface area contributed by atoms with Crippen molar-refractivity contribution in [1.29, 1.82) is 0 Å². The number of anilines is 1. The van der Waals surface area contributed by atoms with Gasteiger partial charge in [-0.15, -0.1) is 12.4 Å². The molecular weight excluding hydrogens is 295 g/mol. The number of rotatable bonds is 3. The van der Waals surface area contributed by atoms with Gasteiger partial charge < -0.3 is 10.6 Å². The van der Waals surface area contributed by atoms with Crippen molar-refractivity contribution in [2.24, 2.45) is 11.8 Å². The highest BCUT2D eigenvalue weighted by Crippen LogP contribution is 2.26. The van der Waals surface area contributed by atoms with Crippen LogP contribution >= 0.6 is 35.6 Å². The number of carbonyl (C=O) groups excluding carboxylic acids is 1. The lowest BCUT2D eigenvalue weighted by atomic mass is 9.88. The number of amides is 1. The Morgan fingerprint density at radius 3 is 2.56 bits per heavy atom. The molecule has 18 heavy (non-hydrogen) atoms. The molecule has 1 aromatic rings. The van der Waals surface area contributed by atoms with Crippen molar-refractivity contribution in [3.8, 4) is 0 Å². The molecule has 1 atom stereocenters. The second-order valence-electron chi connectivity index (χ2n) is 4.33. The first-order valence-corrected chi connectivity index (χ1v) is 6.30. The molecule has 1 aliphatic heterocycles. The summed E-state index contributed by atoms with van der Waals surface area (Å²) in [5, 5.41) is 6.94. The molecule has 1 fully saturated rings. The Labute approximate surface area is 123 Å². The molecule has 0 aliphatic carbocycles. The van der Waals surface area contributed by atoms with Crippen LogP contribution in [0.15, 0.2) is 18.2 Å². The van der Waals surface area contributed by atoms with Gasteiger partial charge in [-0.05, 0) is 37.2 Å². The van der Waals surface area contributed by atoms with E-state index in [4.69, 9.17) is 23.2 Å². The normalized spacial score (nSPS) is 16.4. The molecule has 1 saturated heterocycles. The first kappa shape index (κ1) is 15.6. The maximum Gasteiger partial charge on any atom is 0.227 e. The topological polar surface area (TPSA) is 41.1 Å². The minimum absolute atomic E-state index is 0. The zero-order valence-electron chi connectivity index (χ0n) is 9.87. The SMILES string of the molecule is CC(C(=O)Nc1ccc(Cl)c(Cl)c1)C1CNC1.Cl. The van der Waals surface area contributed by atoms with Crippen LogP contribution in [0.5, 0.6) is 0 Å². The lowest BCUT2D eigenvalue weighted by molar-refractivity contribution is -0.121. The second-order valence-corrected chi connectivity index (χ2v) is 5.14. The van der Waals surface area contributed by atoms with Gasteiger partial charge in [0.15, 0.2) is 0 Å². The van der Waals surface area contributed by atoms with E-state index in [2.05, 4.69) is 10.6 Å². The molecule has 0 bridgehead atoms. The highest BCUT2D eigenvalue weighted by atomic mass is 35.5. The maximum absolute atomic E-state index is 11.9. The molecule has 2 rings (SSSR count). The van der Waals surface area contributed by atoms with E-state index < -0.39 is 0 Å². The molecule has 0 spiro atoms. The fraction of sp³-hybridized carbons (Fsp3) is 0.417. The Kier molecular flexibility index (Phi) is 5.73. The zero-order valence-corrected chi connectivity index (χ0v) is 12.2. The molecule has 1 aliphatic rings. The Hall–Kier alpha value is -0.480. The predicted molar refractivity (Wildman–Crippen MR) is 77.9 cm³/mol. The smallest absolute Gasteiger partial charge is 0.227 e. The summed E-state index contributed by atoms with van der Waals surface area (Å²) in [5.74, 6) is 0.457. The molecule has 2 N–H and O–H groups in total. The zero-order chi connectivity index (χ0) is 12.4. The number of hydrogen-bond acceptors (Lipinski definition) is 2. The molecule has 0 radical (unpaired) electrons. The van der Waals surface area contributed by atoms with Gasteiger partial charge in [0.05, 0.1) is 10.0 Å². The number of hydrogen-bond donors (Lipinski definition) is 2. The summed E-state index contributed by atoms with van der Waals surface area (Å²) < 4.78 is 0. The van der Waals surface area contributed by atoms with Gasteiger partial charge in [-0.1, -0.05) is 30.1 Å². The summed E-state index contributed by atoms with van der Waals surface area (Å²) in [4.78, 5) is 11.9. The third kappa shape index (κ3) is 3.51. The fourth-order valence-electron chi connectivity index (χ4n) is 1.71. The number of nitrogens with one attached hydrogen (secondary N) is 2. The summed E-state index contributed by atoms with van der Waals surface area (Å²) in [7, 11) is 0. The van der Waals surface area contributed by atoms with Crippen molar-refractivity contribution in [2.45, 2.75) is 6.92 Å². The van der Waals surface area contributed by atoms with Crippen molar-refractivity contribution in [2.75, 3.05) is 18.4 Å². The van der Waals surface area contributed by atoms with Crippen molar-refractivity contribution in [3.05, 3.63) is 28.2 Å². The average Bonchev–Trinajstić information content (AvgIpc) is 2.21. The van der Waals surface area contributed by atoms with Crippen LogP contribution in [0.1, 0.15) is 6.92 Å². The molecule has 100 valence electrons. The van der Waals surface area contributed by atoms with E-state index in [9.17, 15) is 4.79 Å². The molecular formula is C12H15Cl3N2O. The highest BCUT2D eigenvalue weighted by molar-refractivity contribution is 6.42. The maximum atomic E-state index is 11.9. The van der Waals surface area contributed by atoms with E-state index in [0.717, 1.165) is 13.1 Å². The van der Waals surface area contributed by atoms with Crippen molar-refractivity contribution in [1.82, 2.24) is 5.32 Å². The molecule has 0 aromatic heterocycles. The van der Waals surface area contributed by atoms with Crippen LogP contribution in [0.25, 0.3) is 0 Å². The molecule has 1 heterocycles. The second kappa shape index (κ2) is 6.62. The van der Waals surface area contributed by atoms with Crippen molar-refractivity contribution in [3.63, 3.8) is 0 Å². The summed E-state index contributed by atoms with van der Waals surface area (Å²) in [6.07, 6.45) is 0. The van der Waals surface area contributed by atoms with Crippen LogP contribution in [-0.4, -0.2) is 19.0 Å². The van der Waals surface area contributed by atoms with Gasteiger partial charge in [0.2, 0.25) is 5.91 Å². The first-order valence-electron chi connectivity index (χ1n) is 5.54. The Bertz CT molecular complexity index is 435. The largest absolute Gasteiger partial charge is 0.326 e. The monoisotopic (exact) mass is 308 g/mol. The van der Waals surface area contributed by atoms with Crippen LogP contribution in [0.3, 0.4) is 0 Å². The summed E-state index contributed by atoms with van der Waals surface area (Å²) >= 11 is 11.7. The quantitative estimate of drug-likeness (QED) is 0.900. The van der Waals surface area contributed by atoms with Crippen LogP contribution in [0, 0.1) is 11.8 Å². The number of halogens is 3. The van der Waals surface area contributed by atoms with Crippen molar-refractivity contribution >= 4 is 47.2 Å². The van der Waals surface area contributed by atoms with Crippen molar-refractivity contribution < 1.29 is 4.79 Å². The van der Waals surface area contributed by atoms with E-state index >= 15 is 0 Å². The molecule has 1 unspecified atom stereocenters. The molecule has 1 aromatic carbocycles. The molecule has 1 amide bonds. The Morgan fingerprint density at radius 2 is 2.06 bits per heavy atom. The van der Waals surface area contributed by atoms with Gasteiger partial charge in [0.25, 0.3) is 0 Å². The minimum atomic E-state index is 0. The lowest BCUT2D eigenvalue weighted by Gasteiger charge is -2.31. The van der Waals surface area contributed by atoms with E-state index in [1.807, 2.05) is 6.92 Å². The Balaban J connectivity index is 0.00000162. The average molecular weight is 310 g/mol. The van der Waals surface area contributed by atoms with E-state index in [0.29, 0.717) is 21.7 Å². The van der Waals surface area contributed by atoms with E-state index in [1.54, 1.807) is 18.2 Å². The van der Waals surface area contributed by atoms with Crippen LogP contribution in [0.2, 0.25) is 10.0 Å². The summed E-state index contributed by atoms with van der Waals surface area (Å²) in [5.41, 5.74) is 0.684. The van der Waals surface area contributed by atoms with Gasteiger partial charge in [-0.25, -0.2) is 0 Å². The van der Waals surface area contributed by atoms with E-state index in [1.165, 1.54) is 0 Å².